The van der Waals surface area contributed by atoms with Gasteiger partial charge in [-0.25, -0.2) is 13.4 Å². The van der Waals surface area contributed by atoms with E-state index in [0.717, 1.165) is 18.5 Å². The molecule has 1 heterocycles. The van der Waals surface area contributed by atoms with Gasteiger partial charge in [-0.1, -0.05) is 12.1 Å². The van der Waals surface area contributed by atoms with Crippen molar-refractivity contribution in [3.8, 4) is 11.1 Å². The van der Waals surface area contributed by atoms with Crippen molar-refractivity contribution in [2.24, 2.45) is 0 Å². The maximum atomic E-state index is 13.0. The lowest BCUT2D eigenvalue weighted by Crippen LogP contribution is -2.09. The molecule has 0 spiro atoms. The van der Waals surface area contributed by atoms with Crippen LogP contribution in [-0.2, 0) is 16.0 Å². The van der Waals surface area contributed by atoms with E-state index in [1.807, 2.05) is 0 Å². The normalized spacial score (nSPS) is 12.4. The number of nitrogens with two attached hydrogens (primary N) is 1. The summed E-state index contributed by atoms with van der Waals surface area (Å²) in [6.45, 7) is 0. The summed E-state index contributed by atoms with van der Waals surface area (Å²) in [4.78, 5) is 3.58. The molecule has 1 aromatic carbocycles. The molecule has 2 aromatic rings. The van der Waals surface area contributed by atoms with Gasteiger partial charge in [-0.05, 0) is 23.8 Å². The third-order valence-corrected chi connectivity index (χ3v) is 3.91. The van der Waals surface area contributed by atoms with Crippen LogP contribution in [-0.4, -0.2) is 19.7 Å². The SMILES string of the molecule is CS(=O)(=O)c1cccc(-c2cnc(N)cc2C(F)(F)F)c1. The van der Waals surface area contributed by atoms with Crippen LogP contribution in [0.5, 0.6) is 0 Å². The first-order chi connectivity index (χ1) is 9.59. The highest BCUT2D eigenvalue weighted by molar-refractivity contribution is 7.90. The Morgan fingerprint density at radius 3 is 2.43 bits per heavy atom. The molecule has 2 N–H and O–H groups in total. The molecule has 21 heavy (non-hydrogen) atoms. The third-order valence-electron chi connectivity index (χ3n) is 2.80. The minimum atomic E-state index is -4.62. The van der Waals surface area contributed by atoms with Crippen LogP contribution >= 0.6 is 0 Å². The van der Waals surface area contributed by atoms with E-state index in [2.05, 4.69) is 4.98 Å². The van der Waals surface area contributed by atoms with Crippen molar-refractivity contribution in [2.45, 2.75) is 11.1 Å². The highest BCUT2D eigenvalue weighted by Crippen LogP contribution is 2.37. The third kappa shape index (κ3) is 3.33. The zero-order valence-electron chi connectivity index (χ0n) is 10.8. The van der Waals surface area contributed by atoms with Gasteiger partial charge in [0.25, 0.3) is 0 Å². The quantitative estimate of drug-likeness (QED) is 0.924. The molecular weight excluding hydrogens is 305 g/mol. The Morgan fingerprint density at radius 2 is 1.86 bits per heavy atom. The first kappa shape index (κ1) is 15.3. The van der Waals surface area contributed by atoms with Crippen LogP contribution in [0.3, 0.4) is 0 Å². The summed E-state index contributed by atoms with van der Waals surface area (Å²) in [7, 11) is -3.52. The molecule has 0 bridgehead atoms. The number of nitrogen functional groups attached to an aromatic ring is 1. The highest BCUT2D eigenvalue weighted by Gasteiger charge is 2.34. The summed E-state index contributed by atoms with van der Waals surface area (Å²) in [6, 6.07) is 5.98. The first-order valence-electron chi connectivity index (χ1n) is 5.72. The van der Waals surface area contributed by atoms with Crippen LogP contribution in [0.1, 0.15) is 5.56 Å². The molecule has 0 amide bonds. The predicted octanol–water partition coefficient (Wildman–Crippen LogP) is 2.75. The topological polar surface area (TPSA) is 73.0 Å². The van der Waals surface area contributed by atoms with E-state index in [1.165, 1.54) is 24.3 Å². The van der Waals surface area contributed by atoms with Gasteiger partial charge in [0.1, 0.15) is 5.82 Å². The van der Waals surface area contributed by atoms with E-state index in [1.54, 1.807) is 0 Å². The average molecular weight is 316 g/mol. The Kier molecular flexibility index (Phi) is 3.66. The number of pyridine rings is 1. The minimum absolute atomic E-state index is 0.0649. The molecule has 0 atom stereocenters. The lowest BCUT2D eigenvalue weighted by molar-refractivity contribution is -0.137. The van der Waals surface area contributed by atoms with Crippen LogP contribution in [0.4, 0.5) is 19.0 Å². The molecule has 0 aliphatic heterocycles. The van der Waals surface area contributed by atoms with Gasteiger partial charge in [-0.2, -0.15) is 13.2 Å². The number of alkyl halides is 3. The maximum Gasteiger partial charge on any atom is 0.417 e. The zero-order valence-corrected chi connectivity index (χ0v) is 11.7. The van der Waals surface area contributed by atoms with E-state index in [0.29, 0.717) is 0 Å². The fourth-order valence-electron chi connectivity index (χ4n) is 1.83. The Morgan fingerprint density at radius 1 is 1.19 bits per heavy atom. The van der Waals surface area contributed by atoms with Gasteiger partial charge in [0.15, 0.2) is 9.84 Å². The molecule has 112 valence electrons. The second-order valence-corrected chi connectivity index (χ2v) is 6.47. The number of halogens is 3. The van der Waals surface area contributed by atoms with E-state index in [4.69, 9.17) is 5.73 Å². The van der Waals surface area contributed by atoms with Crippen molar-refractivity contribution in [2.75, 3.05) is 12.0 Å². The summed E-state index contributed by atoms with van der Waals surface area (Å²) in [6.07, 6.45) is -2.65. The molecular formula is C13H11F3N2O2S. The maximum absolute atomic E-state index is 13.0. The summed E-state index contributed by atoms with van der Waals surface area (Å²) in [5.74, 6) is -0.259. The van der Waals surface area contributed by atoms with E-state index < -0.39 is 21.6 Å². The molecule has 0 saturated heterocycles. The summed E-state index contributed by atoms with van der Waals surface area (Å²) < 4.78 is 62.1. The number of aromatic nitrogens is 1. The molecule has 0 fully saturated rings. The number of benzene rings is 1. The number of hydrogen-bond donors (Lipinski definition) is 1. The minimum Gasteiger partial charge on any atom is -0.384 e. The lowest BCUT2D eigenvalue weighted by atomic mass is 10.0. The molecule has 0 aliphatic rings. The monoisotopic (exact) mass is 316 g/mol. The van der Waals surface area contributed by atoms with Crippen molar-refractivity contribution in [1.29, 1.82) is 0 Å². The van der Waals surface area contributed by atoms with Crippen LogP contribution in [0.15, 0.2) is 41.4 Å². The predicted molar refractivity (Wildman–Crippen MR) is 72.2 cm³/mol. The van der Waals surface area contributed by atoms with E-state index in [-0.39, 0.29) is 21.8 Å². The van der Waals surface area contributed by atoms with Gasteiger partial charge in [-0.3, -0.25) is 0 Å². The Bertz CT molecular complexity index is 786. The van der Waals surface area contributed by atoms with Gasteiger partial charge >= 0.3 is 6.18 Å². The van der Waals surface area contributed by atoms with Crippen molar-refractivity contribution in [1.82, 2.24) is 4.98 Å². The fourth-order valence-corrected chi connectivity index (χ4v) is 2.50. The van der Waals surface area contributed by atoms with Crippen LogP contribution in [0.25, 0.3) is 11.1 Å². The standard InChI is InChI=1S/C13H11F3N2O2S/c1-21(19,20)9-4-2-3-8(5-9)10-7-18-12(17)6-11(10)13(14,15)16/h2-7H,1H3,(H2,17,18). The van der Waals surface area contributed by atoms with Gasteiger partial charge in [0.2, 0.25) is 0 Å². The van der Waals surface area contributed by atoms with E-state index >= 15 is 0 Å². The first-order valence-corrected chi connectivity index (χ1v) is 7.61. The largest absolute Gasteiger partial charge is 0.417 e. The Labute approximate surface area is 119 Å². The number of anilines is 1. The highest BCUT2D eigenvalue weighted by atomic mass is 32.2. The number of rotatable bonds is 2. The lowest BCUT2D eigenvalue weighted by Gasteiger charge is -2.13. The van der Waals surface area contributed by atoms with Crippen LogP contribution < -0.4 is 5.73 Å². The Hall–Kier alpha value is -2.09. The molecule has 4 nitrogen and oxygen atoms in total. The zero-order chi connectivity index (χ0) is 15.8. The fraction of sp³-hybridized carbons (Fsp3) is 0.154. The smallest absolute Gasteiger partial charge is 0.384 e. The molecule has 0 radical (unpaired) electrons. The second kappa shape index (κ2) is 5.03. The second-order valence-electron chi connectivity index (χ2n) is 4.45. The van der Waals surface area contributed by atoms with Crippen LogP contribution in [0.2, 0.25) is 0 Å². The molecule has 0 aliphatic carbocycles. The van der Waals surface area contributed by atoms with Crippen molar-refractivity contribution >= 4 is 15.7 Å². The van der Waals surface area contributed by atoms with Crippen molar-refractivity contribution in [3.63, 3.8) is 0 Å². The molecule has 1 aromatic heterocycles. The average Bonchev–Trinajstić information content (AvgIpc) is 2.37. The van der Waals surface area contributed by atoms with Crippen LogP contribution in [0, 0.1) is 0 Å². The molecule has 2 rings (SSSR count). The van der Waals surface area contributed by atoms with E-state index in [9.17, 15) is 21.6 Å². The summed E-state index contributed by atoms with van der Waals surface area (Å²) in [5, 5.41) is 0. The number of hydrogen-bond acceptors (Lipinski definition) is 4. The van der Waals surface area contributed by atoms with Crippen molar-refractivity contribution in [3.05, 3.63) is 42.1 Å². The van der Waals surface area contributed by atoms with Gasteiger partial charge < -0.3 is 5.73 Å². The molecule has 0 unspecified atom stereocenters. The molecule has 0 saturated carbocycles. The molecule has 8 heteroatoms. The van der Waals surface area contributed by atoms with Crippen molar-refractivity contribution < 1.29 is 21.6 Å². The summed E-state index contributed by atoms with van der Waals surface area (Å²) in [5.41, 5.74) is 4.23. The van der Waals surface area contributed by atoms with Gasteiger partial charge in [-0.15, -0.1) is 0 Å². The van der Waals surface area contributed by atoms with Gasteiger partial charge in [0, 0.05) is 18.0 Å². The number of nitrogens with zero attached hydrogens (tertiary/aromatic N) is 1. The summed E-state index contributed by atoms with van der Waals surface area (Å²) >= 11 is 0. The Balaban J connectivity index is 2.68. The van der Waals surface area contributed by atoms with Gasteiger partial charge in [0.05, 0.1) is 10.5 Å². The number of sulfone groups is 1.